The minimum absolute atomic E-state index is 0.507. The normalized spacial score (nSPS) is 11.9. The molecule has 0 unspecified atom stereocenters. The molecule has 14 heavy (non-hydrogen) atoms. The van der Waals surface area contributed by atoms with Crippen LogP contribution in [0.15, 0.2) is 0 Å². The van der Waals surface area contributed by atoms with Gasteiger partial charge in [0.1, 0.15) is 0 Å². The lowest BCUT2D eigenvalue weighted by molar-refractivity contribution is 0.192. The van der Waals surface area contributed by atoms with Gasteiger partial charge in [-0.1, -0.05) is 12.8 Å². The molecule has 0 rings (SSSR count). The van der Waals surface area contributed by atoms with Crippen molar-refractivity contribution in [3.8, 4) is 0 Å². The number of rotatable bonds is 9. The SMILES string of the molecule is COCCCCCCP(=O)(OC)OC. The van der Waals surface area contributed by atoms with Crippen LogP contribution in [0.3, 0.4) is 0 Å². The predicted molar refractivity (Wildman–Crippen MR) is 56.8 cm³/mol. The first kappa shape index (κ1) is 14.1. The molecule has 0 N–H and O–H groups in total. The van der Waals surface area contributed by atoms with Gasteiger partial charge in [0.15, 0.2) is 0 Å². The molecule has 0 spiro atoms. The molecule has 0 aliphatic carbocycles. The maximum absolute atomic E-state index is 11.6. The molecule has 0 aliphatic rings. The van der Waals surface area contributed by atoms with Gasteiger partial charge in [0.05, 0.1) is 6.16 Å². The van der Waals surface area contributed by atoms with Crippen molar-refractivity contribution in [3.63, 3.8) is 0 Å². The van der Waals surface area contributed by atoms with Gasteiger partial charge in [0, 0.05) is 27.9 Å². The van der Waals surface area contributed by atoms with E-state index in [4.69, 9.17) is 13.8 Å². The molecule has 0 heterocycles. The fourth-order valence-corrected chi connectivity index (χ4v) is 2.29. The summed E-state index contributed by atoms with van der Waals surface area (Å²) in [4.78, 5) is 0. The number of ether oxygens (including phenoxy) is 1. The molecular weight excluding hydrogens is 203 g/mol. The van der Waals surface area contributed by atoms with Crippen LogP contribution in [0.4, 0.5) is 0 Å². The third-order valence-electron chi connectivity index (χ3n) is 2.09. The first-order valence-corrected chi connectivity index (χ1v) is 6.61. The zero-order valence-corrected chi connectivity index (χ0v) is 10.2. The minimum Gasteiger partial charge on any atom is -0.385 e. The Labute approximate surface area is 86.5 Å². The van der Waals surface area contributed by atoms with E-state index < -0.39 is 7.60 Å². The van der Waals surface area contributed by atoms with Crippen LogP contribution in [0.2, 0.25) is 0 Å². The summed E-state index contributed by atoms with van der Waals surface area (Å²) in [5.41, 5.74) is 0. The van der Waals surface area contributed by atoms with Gasteiger partial charge in [-0.3, -0.25) is 4.57 Å². The first-order chi connectivity index (χ1) is 6.68. The van der Waals surface area contributed by atoms with Crippen LogP contribution in [0.25, 0.3) is 0 Å². The van der Waals surface area contributed by atoms with Gasteiger partial charge in [-0.15, -0.1) is 0 Å². The fraction of sp³-hybridized carbons (Fsp3) is 1.00. The quantitative estimate of drug-likeness (QED) is 0.446. The standard InChI is InChI=1S/C9H21O4P/c1-11-8-6-4-5-7-9-14(10,12-2)13-3/h4-9H2,1-3H3. The van der Waals surface area contributed by atoms with E-state index in [1.165, 1.54) is 14.2 Å². The van der Waals surface area contributed by atoms with Gasteiger partial charge in [-0.05, 0) is 12.8 Å². The summed E-state index contributed by atoms with van der Waals surface area (Å²) >= 11 is 0. The summed E-state index contributed by atoms with van der Waals surface area (Å²) in [5, 5.41) is 0. The molecule has 4 nitrogen and oxygen atoms in total. The highest BCUT2D eigenvalue weighted by Gasteiger charge is 2.19. The van der Waals surface area contributed by atoms with E-state index >= 15 is 0 Å². The smallest absolute Gasteiger partial charge is 0.330 e. The van der Waals surface area contributed by atoms with Crippen molar-refractivity contribution in [3.05, 3.63) is 0 Å². The second kappa shape index (κ2) is 8.42. The van der Waals surface area contributed by atoms with Crippen LogP contribution >= 0.6 is 7.60 Å². The van der Waals surface area contributed by atoms with Gasteiger partial charge in [-0.2, -0.15) is 0 Å². The molecule has 0 fully saturated rings. The highest BCUT2D eigenvalue weighted by molar-refractivity contribution is 7.53. The molecule has 0 bridgehead atoms. The van der Waals surface area contributed by atoms with Gasteiger partial charge in [0.25, 0.3) is 0 Å². The number of unbranched alkanes of at least 4 members (excludes halogenated alkanes) is 3. The summed E-state index contributed by atoms with van der Waals surface area (Å²) in [7, 11) is 1.78. The summed E-state index contributed by atoms with van der Waals surface area (Å²) in [5.74, 6) is 0. The second-order valence-corrected chi connectivity index (χ2v) is 5.51. The van der Waals surface area contributed by atoms with Crippen LogP contribution in [-0.2, 0) is 18.3 Å². The molecule has 5 heteroatoms. The Morgan fingerprint density at radius 2 is 1.50 bits per heavy atom. The van der Waals surface area contributed by atoms with Crippen molar-refractivity contribution in [2.45, 2.75) is 25.7 Å². The monoisotopic (exact) mass is 224 g/mol. The van der Waals surface area contributed by atoms with Gasteiger partial charge >= 0.3 is 7.60 Å². The van der Waals surface area contributed by atoms with Crippen molar-refractivity contribution in [1.82, 2.24) is 0 Å². The Balaban J connectivity index is 3.39. The highest BCUT2D eigenvalue weighted by Crippen LogP contribution is 2.47. The van der Waals surface area contributed by atoms with E-state index in [1.54, 1.807) is 7.11 Å². The molecule has 0 amide bonds. The highest BCUT2D eigenvalue weighted by atomic mass is 31.2. The number of hydrogen-bond donors (Lipinski definition) is 0. The summed E-state index contributed by atoms with van der Waals surface area (Å²) in [6, 6.07) is 0. The summed E-state index contributed by atoms with van der Waals surface area (Å²) in [6.45, 7) is 0.798. The third kappa shape index (κ3) is 6.55. The molecule has 0 radical (unpaired) electrons. The van der Waals surface area contributed by atoms with E-state index in [2.05, 4.69) is 0 Å². The molecule has 0 aromatic carbocycles. The Morgan fingerprint density at radius 1 is 0.929 bits per heavy atom. The largest absolute Gasteiger partial charge is 0.385 e. The molecular formula is C9H21O4P. The van der Waals surface area contributed by atoms with Gasteiger partial charge in [-0.25, -0.2) is 0 Å². The lowest BCUT2D eigenvalue weighted by atomic mass is 10.2. The van der Waals surface area contributed by atoms with Crippen molar-refractivity contribution in [2.75, 3.05) is 34.1 Å². The van der Waals surface area contributed by atoms with E-state index in [1.807, 2.05) is 0 Å². The molecule has 0 atom stereocenters. The average molecular weight is 224 g/mol. The average Bonchev–Trinajstić information content (AvgIpc) is 2.23. The predicted octanol–water partition coefficient (Wildman–Crippen LogP) is 2.68. The van der Waals surface area contributed by atoms with E-state index in [-0.39, 0.29) is 0 Å². The minimum atomic E-state index is -2.77. The van der Waals surface area contributed by atoms with Crippen molar-refractivity contribution in [1.29, 1.82) is 0 Å². The molecule has 0 aromatic heterocycles. The van der Waals surface area contributed by atoms with Crippen LogP contribution in [0.1, 0.15) is 25.7 Å². The fourth-order valence-electron chi connectivity index (χ4n) is 1.16. The van der Waals surface area contributed by atoms with Crippen LogP contribution in [-0.4, -0.2) is 34.1 Å². The van der Waals surface area contributed by atoms with E-state index in [0.29, 0.717) is 6.16 Å². The Bertz CT molecular complexity index is 164. The second-order valence-electron chi connectivity index (χ2n) is 3.11. The zero-order valence-electron chi connectivity index (χ0n) is 9.32. The van der Waals surface area contributed by atoms with Crippen LogP contribution in [0, 0.1) is 0 Å². The summed E-state index contributed by atoms with van der Waals surface area (Å²) < 4.78 is 26.1. The molecule has 0 aromatic rings. The maximum atomic E-state index is 11.6. The molecule has 0 aliphatic heterocycles. The zero-order chi connectivity index (χ0) is 10.9. The third-order valence-corrected chi connectivity index (χ3v) is 4.06. The molecule has 86 valence electrons. The lowest BCUT2D eigenvalue weighted by Crippen LogP contribution is -1.95. The van der Waals surface area contributed by atoms with Crippen LogP contribution < -0.4 is 0 Å². The number of hydrogen-bond acceptors (Lipinski definition) is 4. The summed E-state index contributed by atoms with van der Waals surface area (Å²) in [6.07, 6.45) is 4.58. The number of methoxy groups -OCH3 is 1. The Hall–Kier alpha value is 0.110. The first-order valence-electron chi connectivity index (χ1n) is 4.88. The van der Waals surface area contributed by atoms with Crippen molar-refractivity contribution >= 4 is 7.60 Å². The molecule has 0 saturated heterocycles. The lowest BCUT2D eigenvalue weighted by Gasteiger charge is -2.12. The Morgan fingerprint density at radius 3 is 2.00 bits per heavy atom. The Kier molecular flexibility index (Phi) is 8.49. The van der Waals surface area contributed by atoms with Crippen LogP contribution in [0.5, 0.6) is 0 Å². The maximum Gasteiger partial charge on any atom is 0.330 e. The van der Waals surface area contributed by atoms with E-state index in [0.717, 1.165) is 32.3 Å². The van der Waals surface area contributed by atoms with Crippen molar-refractivity contribution < 1.29 is 18.3 Å². The molecule has 0 saturated carbocycles. The van der Waals surface area contributed by atoms with Crippen molar-refractivity contribution in [2.24, 2.45) is 0 Å². The van der Waals surface area contributed by atoms with Gasteiger partial charge < -0.3 is 13.8 Å². The topological polar surface area (TPSA) is 44.8 Å². The van der Waals surface area contributed by atoms with Gasteiger partial charge in [0.2, 0.25) is 0 Å². The van der Waals surface area contributed by atoms with E-state index in [9.17, 15) is 4.57 Å².